The van der Waals surface area contributed by atoms with Crippen LogP contribution in [0.5, 0.6) is 5.75 Å². The van der Waals surface area contributed by atoms with Crippen molar-refractivity contribution >= 4 is 5.91 Å². The zero-order valence-electron chi connectivity index (χ0n) is 17.1. The molecule has 1 unspecified atom stereocenters. The number of ether oxygens (including phenoxy) is 1. The van der Waals surface area contributed by atoms with E-state index in [-0.39, 0.29) is 11.9 Å². The smallest absolute Gasteiger partial charge is 0.251 e. The monoisotopic (exact) mass is 380 g/mol. The summed E-state index contributed by atoms with van der Waals surface area (Å²) in [6, 6.07) is 16.4. The highest BCUT2D eigenvalue weighted by Crippen LogP contribution is 2.25. The van der Waals surface area contributed by atoms with Crippen molar-refractivity contribution in [2.24, 2.45) is 0 Å². The third-order valence-corrected chi connectivity index (χ3v) is 5.36. The zero-order chi connectivity index (χ0) is 19.8. The Kier molecular flexibility index (Phi) is 7.49. The molecule has 150 valence electrons. The first kappa shape index (κ1) is 20.4. The van der Waals surface area contributed by atoms with Gasteiger partial charge in [0.2, 0.25) is 0 Å². The van der Waals surface area contributed by atoms with Crippen LogP contribution in [0.15, 0.2) is 48.5 Å². The Morgan fingerprint density at radius 3 is 2.61 bits per heavy atom. The highest BCUT2D eigenvalue weighted by atomic mass is 16.5. The molecular weight excluding hydrogens is 348 g/mol. The Morgan fingerprint density at radius 1 is 1.14 bits per heavy atom. The van der Waals surface area contributed by atoms with Crippen LogP contribution in [0, 0.1) is 6.92 Å². The zero-order valence-corrected chi connectivity index (χ0v) is 17.1. The highest BCUT2D eigenvalue weighted by Gasteiger charge is 2.24. The van der Waals surface area contributed by atoms with Gasteiger partial charge >= 0.3 is 0 Å². The van der Waals surface area contributed by atoms with Crippen molar-refractivity contribution in [2.45, 2.75) is 45.6 Å². The molecule has 4 nitrogen and oxygen atoms in total. The van der Waals surface area contributed by atoms with Crippen LogP contribution in [0.4, 0.5) is 0 Å². The van der Waals surface area contributed by atoms with Gasteiger partial charge in [-0.15, -0.1) is 0 Å². The number of aryl methyl sites for hydroxylation is 1. The van der Waals surface area contributed by atoms with Gasteiger partial charge in [-0.3, -0.25) is 9.69 Å². The standard InChI is InChI=1S/C24H32N2O2/c1-3-4-16-28-22-9-7-8-21(17-22)24(27)25-18-23(26-14-5-6-15-26)20-12-10-19(2)11-13-20/h7-13,17,23H,3-6,14-16,18H2,1-2H3,(H,25,27). The summed E-state index contributed by atoms with van der Waals surface area (Å²) in [6.07, 6.45) is 4.57. The van der Waals surface area contributed by atoms with E-state index in [4.69, 9.17) is 4.74 Å². The Hall–Kier alpha value is -2.33. The highest BCUT2D eigenvalue weighted by molar-refractivity contribution is 5.94. The van der Waals surface area contributed by atoms with Gasteiger partial charge in [0.25, 0.3) is 5.91 Å². The quantitative estimate of drug-likeness (QED) is 0.639. The summed E-state index contributed by atoms with van der Waals surface area (Å²) in [6.45, 7) is 7.73. The molecule has 2 aromatic carbocycles. The summed E-state index contributed by atoms with van der Waals surface area (Å²) in [5.74, 6) is 0.716. The SMILES string of the molecule is CCCCOc1cccc(C(=O)NCC(c2ccc(C)cc2)N2CCCC2)c1. The lowest BCUT2D eigenvalue weighted by atomic mass is 10.0. The number of benzene rings is 2. The first-order chi connectivity index (χ1) is 13.7. The summed E-state index contributed by atoms with van der Waals surface area (Å²) in [4.78, 5) is 15.2. The lowest BCUT2D eigenvalue weighted by molar-refractivity contribution is 0.0937. The van der Waals surface area contributed by atoms with E-state index in [2.05, 4.69) is 48.3 Å². The summed E-state index contributed by atoms with van der Waals surface area (Å²) < 4.78 is 5.74. The summed E-state index contributed by atoms with van der Waals surface area (Å²) >= 11 is 0. The van der Waals surface area contributed by atoms with Crippen LogP contribution < -0.4 is 10.1 Å². The van der Waals surface area contributed by atoms with Gasteiger partial charge in [0, 0.05) is 12.1 Å². The fourth-order valence-corrected chi connectivity index (χ4v) is 3.65. The number of rotatable bonds is 9. The van der Waals surface area contributed by atoms with Crippen molar-refractivity contribution in [1.82, 2.24) is 10.2 Å². The van der Waals surface area contributed by atoms with E-state index < -0.39 is 0 Å². The number of nitrogens with one attached hydrogen (secondary N) is 1. The third kappa shape index (κ3) is 5.59. The molecule has 1 aliphatic rings. The van der Waals surface area contributed by atoms with Crippen molar-refractivity contribution in [2.75, 3.05) is 26.2 Å². The van der Waals surface area contributed by atoms with E-state index in [1.165, 1.54) is 24.0 Å². The Morgan fingerprint density at radius 2 is 1.89 bits per heavy atom. The van der Waals surface area contributed by atoms with E-state index in [0.29, 0.717) is 18.7 Å². The number of amides is 1. The topological polar surface area (TPSA) is 41.6 Å². The first-order valence-electron chi connectivity index (χ1n) is 10.5. The number of carbonyl (C=O) groups is 1. The molecule has 0 radical (unpaired) electrons. The van der Waals surface area contributed by atoms with E-state index in [1.807, 2.05) is 24.3 Å². The summed E-state index contributed by atoms with van der Waals surface area (Å²) in [5.41, 5.74) is 3.18. The molecule has 4 heteroatoms. The minimum Gasteiger partial charge on any atom is -0.494 e. The average Bonchev–Trinajstić information content (AvgIpc) is 3.24. The molecule has 28 heavy (non-hydrogen) atoms. The van der Waals surface area contributed by atoms with E-state index in [1.54, 1.807) is 0 Å². The van der Waals surface area contributed by atoms with Crippen molar-refractivity contribution < 1.29 is 9.53 Å². The van der Waals surface area contributed by atoms with Crippen LogP contribution in [-0.2, 0) is 0 Å². The Balaban J connectivity index is 1.64. The number of hydrogen-bond donors (Lipinski definition) is 1. The predicted octanol–water partition coefficient (Wildman–Crippen LogP) is 4.74. The van der Waals surface area contributed by atoms with Crippen LogP contribution in [0.3, 0.4) is 0 Å². The number of hydrogen-bond acceptors (Lipinski definition) is 3. The number of carbonyl (C=O) groups excluding carboxylic acids is 1. The van der Waals surface area contributed by atoms with Crippen molar-refractivity contribution in [3.63, 3.8) is 0 Å². The molecule has 1 amide bonds. The molecule has 0 aliphatic carbocycles. The van der Waals surface area contributed by atoms with Crippen molar-refractivity contribution in [3.05, 3.63) is 65.2 Å². The maximum atomic E-state index is 12.7. The summed E-state index contributed by atoms with van der Waals surface area (Å²) in [5, 5.41) is 3.15. The van der Waals surface area contributed by atoms with Crippen molar-refractivity contribution in [1.29, 1.82) is 0 Å². The minimum atomic E-state index is -0.0442. The van der Waals surface area contributed by atoms with Crippen LogP contribution in [-0.4, -0.2) is 37.0 Å². The molecule has 1 saturated heterocycles. The second kappa shape index (κ2) is 10.3. The van der Waals surface area contributed by atoms with Gasteiger partial charge in [0.15, 0.2) is 0 Å². The average molecular weight is 381 g/mol. The molecule has 2 aromatic rings. The molecular formula is C24H32N2O2. The van der Waals surface area contributed by atoms with Crippen LogP contribution in [0.2, 0.25) is 0 Å². The fraction of sp³-hybridized carbons (Fsp3) is 0.458. The maximum absolute atomic E-state index is 12.7. The van der Waals surface area contributed by atoms with Gasteiger partial charge in [-0.1, -0.05) is 49.2 Å². The largest absolute Gasteiger partial charge is 0.494 e. The van der Waals surface area contributed by atoms with Gasteiger partial charge in [-0.25, -0.2) is 0 Å². The van der Waals surface area contributed by atoms with Gasteiger partial charge < -0.3 is 10.1 Å². The Bertz CT molecular complexity index is 751. The number of unbranched alkanes of at least 4 members (excludes halogenated alkanes) is 1. The molecule has 1 atom stereocenters. The predicted molar refractivity (Wildman–Crippen MR) is 114 cm³/mol. The second-order valence-electron chi connectivity index (χ2n) is 7.61. The van der Waals surface area contributed by atoms with Crippen LogP contribution in [0.25, 0.3) is 0 Å². The maximum Gasteiger partial charge on any atom is 0.251 e. The molecule has 3 rings (SSSR count). The molecule has 0 spiro atoms. The van der Waals surface area contributed by atoms with Crippen molar-refractivity contribution in [3.8, 4) is 5.75 Å². The number of likely N-dealkylation sites (tertiary alicyclic amines) is 1. The van der Waals surface area contributed by atoms with Crippen LogP contribution >= 0.6 is 0 Å². The van der Waals surface area contributed by atoms with E-state index >= 15 is 0 Å². The third-order valence-electron chi connectivity index (χ3n) is 5.36. The van der Waals surface area contributed by atoms with Gasteiger partial charge in [0.05, 0.1) is 12.6 Å². The number of nitrogens with zero attached hydrogens (tertiary/aromatic N) is 1. The van der Waals surface area contributed by atoms with Crippen LogP contribution in [0.1, 0.15) is 60.1 Å². The normalized spacial score (nSPS) is 15.4. The van der Waals surface area contributed by atoms with Gasteiger partial charge in [-0.2, -0.15) is 0 Å². The fourth-order valence-electron chi connectivity index (χ4n) is 3.65. The van der Waals surface area contributed by atoms with Gasteiger partial charge in [0.1, 0.15) is 5.75 Å². The van der Waals surface area contributed by atoms with E-state index in [9.17, 15) is 4.79 Å². The molecule has 0 aromatic heterocycles. The molecule has 1 N–H and O–H groups in total. The minimum absolute atomic E-state index is 0.0442. The Labute approximate surface area is 168 Å². The van der Waals surface area contributed by atoms with E-state index in [0.717, 1.165) is 31.7 Å². The summed E-state index contributed by atoms with van der Waals surface area (Å²) in [7, 11) is 0. The lowest BCUT2D eigenvalue weighted by Gasteiger charge is -2.28. The molecule has 0 bridgehead atoms. The molecule has 1 aliphatic heterocycles. The second-order valence-corrected chi connectivity index (χ2v) is 7.61. The molecule has 1 heterocycles. The van der Waals surface area contributed by atoms with Gasteiger partial charge in [-0.05, 0) is 63.0 Å². The lowest BCUT2D eigenvalue weighted by Crippen LogP contribution is -2.36. The molecule has 1 fully saturated rings. The first-order valence-corrected chi connectivity index (χ1v) is 10.5. The molecule has 0 saturated carbocycles.